The molecule has 3 N–H and O–H groups in total. The van der Waals surface area contributed by atoms with Gasteiger partial charge in [-0.2, -0.15) is 5.10 Å². The number of carbonyl (C=O) groups is 2. The molecule has 3 aromatic rings. The Morgan fingerprint density at radius 3 is 2.92 bits per heavy atom. The average Bonchev–Trinajstić information content (AvgIpc) is 3.19. The van der Waals surface area contributed by atoms with Crippen molar-refractivity contribution < 1.29 is 14.7 Å². The summed E-state index contributed by atoms with van der Waals surface area (Å²) in [6.07, 6.45) is 0.101. The van der Waals surface area contributed by atoms with Crippen LogP contribution in [-0.4, -0.2) is 33.7 Å². The predicted octanol–water partition coefficient (Wildman–Crippen LogP) is 3.02. The van der Waals surface area contributed by atoms with Crippen molar-refractivity contribution in [2.45, 2.75) is 6.42 Å². The normalized spacial score (nSPS) is 17.0. The highest BCUT2D eigenvalue weighted by atomic mass is 79.9. The maximum absolute atomic E-state index is 12.5. The molecule has 0 bridgehead atoms. The molecule has 0 unspecified atom stereocenters. The third kappa shape index (κ3) is 2.92. The first-order valence-corrected chi connectivity index (χ1v) is 8.85. The Morgan fingerprint density at radius 2 is 2.12 bits per heavy atom. The number of carbonyl (C=O) groups excluding carboxylic acids is 2. The lowest BCUT2D eigenvalue weighted by molar-refractivity contribution is -0.122. The van der Waals surface area contributed by atoms with Gasteiger partial charge in [0.15, 0.2) is 5.82 Å². The van der Waals surface area contributed by atoms with Crippen molar-refractivity contribution in [3.63, 3.8) is 0 Å². The van der Waals surface area contributed by atoms with Crippen LogP contribution in [0.4, 0.5) is 11.5 Å². The number of rotatable bonds is 3. The number of halogens is 1. The van der Waals surface area contributed by atoms with E-state index in [9.17, 15) is 14.7 Å². The summed E-state index contributed by atoms with van der Waals surface area (Å²) >= 11 is 3.40. The number of benzene rings is 2. The van der Waals surface area contributed by atoms with Crippen molar-refractivity contribution in [3.05, 3.63) is 46.9 Å². The number of phenols is 1. The Morgan fingerprint density at radius 1 is 1.31 bits per heavy atom. The van der Waals surface area contributed by atoms with Gasteiger partial charge >= 0.3 is 0 Å². The molecule has 1 fully saturated rings. The van der Waals surface area contributed by atoms with Crippen molar-refractivity contribution in [3.8, 4) is 5.75 Å². The molecular weight excluding hydrogens is 400 g/mol. The molecule has 132 valence electrons. The second-order valence-corrected chi connectivity index (χ2v) is 7.06. The lowest BCUT2D eigenvalue weighted by atomic mass is 10.1. The number of phenolic OH excluding ortho intramolecular Hbond substituents is 1. The molecular formula is C18H15BrN4O3. The summed E-state index contributed by atoms with van der Waals surface area (Å²) in [5, 5.41) is 20.4. The zero-order valence-electron chi connectivity index (χ0n) is 13.6. The summed E-state index contributed by atoms with van der Waals surface area (Å²) in [4.78, 5) is 26.5. The average molecular weight is 415 g/mol. The molecule has 0 saturated carbocycles. The van der Waals surface area contributed by atoms with Crippen molar-refractivity contribution in [1.82, 2.24) is 10.2 Å². The zero-order chi connectivity index (χ0) is 18.3. The molecule has 8 heteroatoms. The van der Waals surface area contributed by atoms with Crippen molar-refractivity contribution in [2.24, 2.45) is 5.92 Å². The van der Waals surface area contributed by atoms with Crippen molar-refractivity contribution >= 4 is 50.2 Å². The van der Waals surface area contributed by atoms with Crippen LogP contribution < -0.4 is 10.2 Å². The van der Waals surface area contributed by atoms with E-state index in [1.165, 1.54) is 11.0 Å². The molecule has 26 heavy (non-hydrogen) atoms. The van der Waals surface area contributed by atoms with Crippen LogP contribution >= 0.6 is 15.9 Å². The smallest absolute Gasteiger partial charge is 0.229 e. The van der Waals surface area contributed by atoms with Crippen LogP contribution in [0.15, 0.2) is 46.9 Å². The highest BCUT2D eigenvalue weighted by Gasteiger charge is 2.37. The van der Waals surface area contributed by atoms with Gasteiger partial charge < -0.3 is 10.4 Å². The molecule has 0 aliphatic carbocycles. The zero-order valence-corrected chi connectivity index (χ0v) is 15.2. The van der Waals surface area contributed by atoms with Crippen LogP contribution in [0.2, 0.25) is 0 Å². The Labute approximate surface area is 157 Å². The Balaban J connectivity index is 1.55. The van der Waals surface area contributed by atoms with Gasteiger partial charge in [-0.15, -0.1) is 0 Å². The Bertz CT molecular complexity index is 1020. The number of amides is 2. The Kier molecular flexibility index (Phi) is 4.12. The molecule has 2 aromatic carbocycles. The van der Waals surface area contributed by atoms with E-state index < -0.39 is 5.92 Å². The van der Waals surface area contributed by atoms with Gasteiger partial charge in [-0.05, 0) is 30.3 Å². The van der Waals surface area contributed by atoms with Crippen LogP contribution in [-0.2, 0) is 9.59 Å². The predicted molar refractivity (Wildman–Crippen MR) is 101 cm³/mol. The number of anilines is 2. The van der Waals surface area contributed by atoms with Crippen molar-refractivity contribution in [1.29, 1.82) is 0 Å². The van der Waals surface area contributed by atoms with Crippen LogP contribution in [0, 0.1) is 5.92 Å². The first-order valence-electron chi connectivity index (χ1n) is 8.06. The molecule has 1 saturated heterocycles. The number of aromatic hydroxyl groups is 1. The van der Waals surface area contributed by atoms with Gasteiger partial charge in [-0.25, -0.2) is 0 Å². The van der Waals surface area contributed by atoms with Gasteiger partial charge in [-0.3, -0.25) is 19.6 Å². The number of nitrogens with zero attached hydrogens (tertiary/aromatic N) is 2. The van der Waals surface area contributed by atoms with E-state index in [-0.39, 0.29) is 30.5 Å². The third-order valence-electron chi connectivity index (χ3n) is 4.42. The maximum Gasteiger partial charge on any atom is 0.229 e. The van der Waals surface area contributed by atoms with Crippen LogP contribution in [0.1, 0.15) is 6.42 Å². The minimum Gasteiger partial charge on any atom is -0.506 e. The van der Waals surface area contributed by atoms with Gasteiger partial charge in [0.1, 0.15) is 5.75 Å². The van der Waals surface area contributed by atoms with Crippen LogP contribution in [0.25, 0.3) is 10.9 Å². The molecule has 1 aromatic heterocycles. The molecule has 1 aliphatic rings. The molecule has 7 nitrogen and oxygen atoms in total. The fourth-order valence-electron chi connectivity index (χ4n) is 3.09. The second kappa shape index (κ2) is 6.45. The molecule has 1 aliphatic heterocycles. The summed E-state index contributed by atoms with van der Waals surface area (Å²) < 4.78 is 0.910. The third-order valence-corrected chi connectivity index (χ3v) is 4.91. The molecule has 0 radical (unpaired) electrons. The van der Waals surface area contributed by atoms with E-state index in [0.717, 1.165) is 15.4 Å². The van der Waals surface area contributed by atoms with E-state index >= 15 is 0 Å². The number of hydrogen-bond acceptors (Lipinski definition) is 4. The summed E-state index contributed by atoms with van der Waals surface area (Å²) in [6.45, 7) is 0.244. The van der Waals surface area contributed by atoms with E-state index in [4.69, 9.17) is 0 Å². The van der Waals surface area contributed by atoms with Gasteiger partial charge in [0.25, 0.3) is 0 Å². The van der Waals surface area contributed by atoms with E-state index in [1.54, 1.807) is 18.2 Å². The number of para-hydroxylation sites is 2. The summed E-state index contributed by atoms with van der Waals surface area (Å²) in [7, 11) is 0. The first kappa shape index (κ1) is 16.6. The van der Waals surface area contributed by atoms with Gasteiger partial charge in [0.2, 0.25) is 11.8 Å². The van der Waals surface area contributed by atoms with Gasteiger partial charge in [0, 0.05) is 22.8 Å². The maximum atomic E-state index is 12.5. The SMILES string of the molecule is O=C(Nc1ccccc1O)[C@@H]1CC(=O)N(c2n[nH]c3cc(Br)ccc23)C1. The number of aromatic amines is 1. The molecule has 1 atom stereocenters. The number of aromatic nitrogens is 2. The van der Waals surface area contributed by atoms with Crippen molar-refractivity contribution in [2.75, 3.05) is 16.8 Å². The second-order valence-electron chi connectivity index (χ2n) is 6.15. The molecule has 4 rings (SSSR count). The number of H-pyrrole nitrogens is 1. The standard InChI is InChI=1S/C18H15BrN4O3/c19-11-5-6-12-14(8-11)21-22-17(12)23-9-10(7-16(23)25)18(26)20-13-3-1-2-4-15(13)24/h1-6,8,10,24H,7,9H2,(H,20,26)(H,21,22)/t10-/m1/s1. The van der Waals surface area contributed by atoms with Gasteiger partial charge in [-0.1, -0.05) is 28.1 Å². The molecule has 0 spiro atoms. The number of fused-ring (bicyclic) bond motifs is 1. The lowest BCUT2D eigenvalue weighted by Gasteiger charge is -2.14. The van der Waals surface area contributed by atoms with Gasteiger partial charge in [0.05, 0.1) is 17.1 Å². The quantitative estimate of drug-likeness (QED) is 0.573. The van der Waals surface area contributed by atoms with Crippen LogP contribution in [0.5, 0.6) is 5.75 Å². The van der Waals surface area contributed by atoms with E-state index in [1.807, 2.05) is 18.2 Å². The Hall–Kier alpha value is -2.87. The van der Waals surface area contributed by atoms with E-state index in [2.05, 4.69) is 31.4 Å². The summed E-state index contributed by atoms with van der Waals surface area (Å²) in [5.74, 6) is -0.450. The van der Waals surface area contributed by atoms with Crippen LogP contribution in [0.3, 0.4) is 0 Å². The fraction of sp³-hybridized carbons (Fsp3) is 0.167. The molecule has 2 amide bonds. The topological polar surface area (TPSA) is 98.3 Å². The monoisotopic (exact) mass is 414 g/mol. The highest BCUT2D eigenvalue weighted by molar-refractivity contribution is 9.10. The largest absolute Gasteiger partial charge is 0.506 e. The summed E-state index contributed by atoms with van der Waals surface area (Å²) in [6, 6.07) is 12.1. The highest BCUT2D eigenvalue weighted by Crippen LogP contribution is 2.32. The lowest BCUT2D eigenvalue weighted by Crippen LogP contribution is -2.28. The fourth-order valence-corrected chi connectivity index (χ4v) is 3.45. The minimum atomic E-state index is -0.510. The number of hydrogen-bond donors (Lipinski definition) is 3. The number of nitrogens with one attached hydrogen (secondary N) is 2. The van der Waals surface area contributed by atoms with E-state index in [0.29, 0.717) is 11.5 Å². The minimum absolute atomic E-state index is 0.00842. The first-order chi connectivity index (χ1) is 12.5. The molecule has 2 heterocycles. The summed E-state index contributed by atoms with van der Waals surface area (Å²) in [5.41, 5.74) is 1.14.